The van der Waals surface area contributed by atoms with Gasteiger partial charge < -0.3 is 9.64 Å². The zero-order valence-electron chi connectivity index (χ0n) is 10.5. The van der Waals surface area contributed by atoms with E-state index in [1.165, 1.54) is 4.90 Å². The first-order chi connectivity index (χ1) is 9.06. The molecule has 0 bridgehead atoms. The Morgan fingerprint density at radius 2 is 2.16 bits per heavy atom. The summed E-state index contributed by atoms with van der Waals surface area (Å²) in [4.78, 5) is 36.7. The molecule has 3 aliphatic rings. The van der Waals surface area contributed by atoms with Crippen molar-refractivity contribution < 1.29 is 19.1 Å². The Kier molecular flexibility index (Phi) is 2.66. The summed E-state index contributed by atoms with van der Waals surface area (Å²) >= 11 is 0. The number of rotatable bonds is 1. The van der Waals surface area contributed by atoms with Crippen LogP contribution in [0.25, 0.3) is 0 Å². The number of nitrogens with zero attached hydrogens (tertiary/aromatic N) is 1. The summed E-state index contributed by atoms with van der Waals surface area (Å²) in [6, 6.07) is -0.580. The van der Waals surface area contributed by atoms with Crippen molar-refractivity contribution in [2.45, 2.75) is 31.9 Å². The number of hydrogen-bond donors (Lipinski definition) is 1. The molecule has 1 fully saturated rings. The molecule has 0 aliphatic carbocycles. The van der Waals surface area contributed by atoms with E-state index in [2.05, 4.69) is 5.32 Å². The third-order valence-corrected chi connectivity index (χ3v) is 3.55. The first-order valence-corrected chi connectivity index (χ1v) is 6.29. The molecular weight excluding hydrogens is 248 g/mol. The van der Waals surface area contributed by atoms with Gasteiger partial charge in [-0.05, 0) is 19.4 Å². The molecule has 100 valence electrons. The molecule has 6 heteroatoms. The second-order valence-electron chi connectivity index (χ2n) is 4.94. The summed E-state index contributed by atoms with van der Waals surface area (Å²) in [7, 11) is 0. The van der Waals surface area contributed by atoms with E-state index in [1.807, 2.05) is 19.1 Å². The summed E-state index contributed by atoms with van der Waals surface area (Å²) < 4.78 is 5.50. The Morgan fingerprint density at radius 3 is 2.89 bits per heavy atom. The minimum atomic E-state index is -0.580. The molecule has 1 saturated heterocycles. The van der Waals surface area contributed by atoms with Gasteiger partial charge >= 0.3 is 0 Å². The van der Waals surface area contributed by atoms with E-state index in [4.69, 9.17) is 4.74 Å². The lowest BCUT2D eigenvalue weighted by Crippen LogP contribution is -2.53. The van der Waals surface area contributed by atoms with Crippen molar-refractivity contribution in [3.63, 3.8) is 0 Å². The number of hydrogen-bond acceptors (Lipinski definition) is 4. The maximum Gasteiger partial charge on any atom is 0.290 e. The van der Waals surface area contributed by atoms with Gasteiger partial charge in [0.1, 0.15) is 12.1 Å². The summed E-state index contributed by atoms with van der Waals surface area (Å²) in [5.41, 5.74) is 0.799. The van der Waals surface area contributed by atoms with Crippen LogP contribution in [0.5, 0.6) is 0 Å². The van der Waals surface area contributed by atoms with E-state index < -0.39 is 11.9 Å². The van der Waals surface area contributed by atoms with Crippen LogP contribution in [0.1, 0.15) is 19.8 Å². The molecule has 0 aromatic rings. The molecule has 2 atom stereocenters. The first kappa shape index (κ1) is 12.0. The fourth-order valence-corrected chi connectivity index (χ4v) is 2.56. The molecule has 0 saturated carbocycles. The lowest BCUT2D eigenvalue weighted by molar-refractivity contribution is -0.144. The smallest absolute Gasteiger partial charge is 0.290 e. The summed E-state index contributed by atoms with van der Waals surface area (Å²) in [6.07, 6.45) is 4.24. The van der Waals surface area contributed by atoms with Crippen LogP contribution in [-0.2, 0) is 19.1 Å². The fourth-order valence-electron chi connectivity index (χ4n) is 2.56. The maximum atomic E-state index is 12.3. The second-order valence-corrected chi connectivity index (χ2v) is 4.94. The normalized spacial score (nSPS) is 30.4. The summed E-state index contributed by atoms with van der Waals surface area (Å²) in [5, 5.41) is 2.27. The number of carbonyl (C=O) groups is 3. The maximum absolute atomic E-state index is 12.3. The van der Waals surface area contributed by atoms with Crippen LogP contribution in [0.15, 0.2) is 23.5 Å². The van der Waals surface area contributed by atoms with Crippen molar-refractivity contribution in [3.05, 3.63) is 23.5 Å². The molecule has 0 aromatic carbocycles. The molecule has 19 heavy (non-hydrogen) atoms. The third-order valence-electron chi connectivity index (χ3n) is 3.55. The molecule has 0 spiro atoms. The molecular formula is C13H14N2O4. The third kappa shape index (κ3) is 1.93. The van der Waals surface area contributed by atoms with Gasteiger partial charge in [0.05, 0.1) is 6.54 Å². The Hall–Kier alpha value is -2.11. The van der Waals surface area contributed by atoms with Crippen molar-refractivity contribution in [3.8, 4) is 0 Å². The van der Waals surface area contributed by atoms with Crippen molar-refractivity contribution in [2.24, 2.45) is 0 Å². The molecule has 3 heterocycles. The molecule has 6 nitrogen and oxygen atoms in total. The molecule has 3 rings (SSSR count). The molecule has 3 amide bonds. The van der Waals surface area contributed by atoms with Gasteiger partial charge in [0, 0.05) is 12.0 Å². The zero-order valence-corrected chi connectivity index (χ0v) is 10.5. The first-order valence-electron chi connectivity index (χ1n) is 6.29. The summed E-state index contributed by atoms with van der Waals surface area (Å²) in [6.45, 7) is 2.21. The van der Waals surface area contributed by atoms with E-state index in [0.29, 0.717) is 18.7 Å². The Bertz CT molecular complexity index is 535. The van der Waals surface area contributed by atoms with Crippen molar-refractivity contribution in [2.75, 3.05) is 6.54 Å². The highest BCUT2D eigenvalue weighted by atomic mass is 16.5. The molecule has 3 aliphatic heterocycles. The highest BCUT2D eigenvalue weighted by Gasteiger charge is 2.41. The molecule has 2 unspecified atom stereocenters. The topological polar surface area (TPSA) is 75.7 Å². The van der Waals surface area contributed by atoms with Crippen LogP contribution < -0.4 is 5.32 Å². The number of carbonyl (C=O) groups excluding carboxylic acids is 3. The summed E-state index contributed by atoms with van der Waals surface area (Å²) in [5.74, 6) is -0.614. The van der Waals surface area contributed by atoms with Crippen LogP contribution in [-0.4, -0.2) is 41.3 Å². The number of amides is 3. The van der Waals surface area contributed by atoms with Crippen LogP contribution in [0.3, 0.4) is 0 Å². The molecule has 0 radical (unpaired) electrons. The van der Waals surface area contributed by atoms with E-state index >= 15 is 0 Å². The van der Waals surface area contributed by atoms with Gasteiger partial charge in [0.2, 0.25) is 11.8 Å². The fraction of sp³-hybridized carbons (Fsp3) is 0.462. The standard InChI is InChI=1S/C13H14N2O4/c1-7-2-3-8-6-15(13(18)11(8)19-7)9-4-5-10(16)14-12(9)17/h2-3,7,9H,4-6H2,1H3,(H,14,16,17). The highest BCUT2D eigenvalue weighted by molar-refractivity contribution is 6.04. The number of nitrogens with one attached hydrogen (secondary N) is 1. The van der Waals surface area contributed by atoms with Gasteiger partial charge in [-0.2, -0.15) is 0 Å². The zero-order chi connectivity index (χ0) is 13.6. The van der Waals surface area contributed by atoms with Crippen LogP contribution >= 0.6 is 0 Å². The number of imide groups is 1. The van der Waals surface area contributed by atoms with Crippen LogP contribution in [0.4, 0.5) is 0 Å². The van der Waals surface area contributed by atoms with Gasteiger partial charge in [-0.3, -0.25) is 19.7 Å². The number of ether oxygens (including phenoxy) is 1. The Labute approximate surface area is 110 Å². The number of piperidine rings is 1. The van der Waals surface area contributed by atoms with Crippen molar-refractivity contribution in [1.82, 2.24) is 10.2 Å². The van der Waals surface area contributed by atoms with E-state index in [1.54, 1.807) is 0 Å². The molecule has 1 N–H and O–H groups in total. The monoisotopic (exact) mass is 262 g/mol. The predicted octanol–water partition coefficient (Wildman–Crippen LogP) is -0.137. The van der Waals surface area contributed by atoms with Crippen molar-refractivity contribution in [1.29, 1.82) is 0 Å². The largest absolute Gasteiger partial charge is 0.481 e. The average Bonchev–Trinajstić information content (AvgIpc) is 2.67. The van der Waals surface area contributed by atoms with Gasteiger partial charge in [-0.1, -0.05) is 6.08 Å². The minimum absolute atomic E-state index is 0.135. The average molecular weight is 262 g/mol. The Balaban J connectivity index is 1.79. The predicted molar refractivity (Wildman–Crippen MR) is 64.6 cm³/mol. The SMILES string of the molecule is CC1C=CC2=C(O1)C(=O)N(C1CCC(=O)NC1=O)C2. The quantitative estimate of drug-likeness (QED) is 0.667. The van der Waals surface area contributed by atoms with Gasteiger partial charge in [-0.15, -0.1) is 0 Å². The molecule has 0 aromatic heterocycles. The van der Waals surface area contributed by atoms with Crippen LogP contribution in [0.2, 0.25) is 0 Å². The minimum Gasteiger partial charge on any atom is -0.481 e. The second kappa shape index (κ2) is 4.22. The van der Waals surface area contributed by atoms with E-state index in [-0.39, 0.29) is 24.3 Å². The van der Waals surface area contributed by atoms with Crippen LogP contribution in [0, 0.1) is 0 Å². The van der Waals surface area contributed by atoms with Gasteiger partial charge in [-0.25, -0.2) is 0 Å². The van der Waals surface area contributed by atoms with E-state index in [0.717, 1.165) is 5.57 Å². The Morgan fingerprint density at radius 1 is 1.37 bits per heavy atom. The highest BCUT2D eigenvalue weighted by Crippen LogP contribution is 2.29. The van der Waals surface area contributed by atoms with Crippen molar-refractivity contribution >= 4 is 17.7 Å². The lowest BCUT2D eigenvalue weighted by atomic mass is 10.0. The van der Waals surface area contributed by atoms with Gasteiger partial charge in [0.25, 0.3) is 5.91 Å². The van der Waals surface area contributed by atoms with Gasteiger partial charge in [0.15, 0.2) is 5.76 Å². The lowest BCUT2D eigenvalue weighted by Gasteiger charge is -2.29. The van der Waals surface area contributed by atoms with E-state index in [9.17, 15) is 14.4 Å².